The summed E-state index contributed by atoms with van der Waals surface area (Å²) in [6.07, 6.45) is 0. The normalized spacial score (nSPS) is 11.3. The number of nitrogens with one attached hydrogen (secondary N) is 1. The molecule has 1 N–H and O–H groups in total. The van der Waals surface area contributed by atoms with Crippen LogP contribution in [-0.4, -0.2) is 44.8 Å². The number of sulfonamides is 1. The number of anilines is 1. The van der Waals surface area contributed by atoms with E-state index in [1.165, 1.54) is 64.5 Å². The van der Waals surface area contributed by atoms with Crippen LogP contribution in [0.15, 0.2) is 41.3 Å². The molecule has 0 aliphatic carbocycles. The first-order valence-electron chi connectivity index (χ1n) is 7.75. The summed E-state index contributed by atoms with van der Waals surface area (Å²) in [6.45, 7) is 1.53. The minimum absolute atomic E-state index is 0.0876. The average Bonchev–Trinajstić information content (AvgIpc) is 2.60. The molecule has 0 atom stereocenters. The quantitative estimate of drug-likeness (QED) is 0.595. The van der Waals surface area contributed by atoms with Crippen LogP contribution < -0.4 is 10.1 Å². The van der Waals surface area contributed by atoms with E-state index >= 15 is 0 Å². The number of nitrogens with zero attached hydrogens (tertiary/aromatic N) is 2. The van der Waals surface area contributed by atoms with E-state index in [0.717, 1.165) is 4.31 Å². The number of amides is 1. The lowest BCUT2D eigenvalue weighted by molar-refractivity contribution is -0.385. The molecule has 10 heteroatoms. The minimum atomic E-state index is -3.78. The van der Waals surface area contributed by atoms with Crippen molar-refractivity contribution in [1.82, 2.24) is 4.31 Å². The first-order chi connectivity index (χ1) is 12.6. The molecular weight excluding hydrogens is 374 g/mol. The molecule has 0 heterocycles. The largest absolute Gasteiger partial charge is 0.495 e. The standard InChI is InChI=1S/C17H19N3O6S/c1-11-9-12(5-7-14(11)20(22)23)17(21)18-13-6-8-15(26-4)16(10-13)27(24,25)19(2)3/h5-10H,1-4H3,(H,18,21). The first-order valence-corrected chi connectivity index (χ1v) is 9.19. The number of hydrogen-bond donors (Lipinski definition) is 1. The third-order valence-electron chi connectivity index (χ3n) is 3.84. The number of hydrogen-bond acceptors (Lipinski definition) is 6. The Hall–Kier alpha value is -2.98. The van der Waals surface area contributed by atoms with E-state index in [1.54, 1.807) is 0 Å². The third-order valence-corrected chi connectivity index (χ3v) is 5.67. The second kappa shape index (κ2) is 7.72. The Morgan fingerprint density at radius 1 is 1.19 bits per heavy atom. The maximum Gasteiger partial charge on any atom is 0.272 e. The summed E-state index contributed by atoms with van der Waals surface area (Å²) < 4.78 is 31.0. The van der Waals surface area contributed by atoms with Crippen molar-refractivity contribution in [2.75, 3.05) is 26.5 Å². The zero-order chi connectivity index (χ0) is 20.4. The Morgan fingerprint density at radius 3 is 2.37 bits per heavy atom. The molecule has 0 spiro atoms. The van der Waals surface area contributed by atoms with Gasteiger partial charge in [-0.2, -0.15) is 0 Å². The van der Waals surface area contributed by atoms with Crippen LogP contribution in [0.4, 0.5) is 11.4 Å². The zero-order valence-electron chi connectivity index (χ0n) is 15.2. The van der Waals surface area contributed by atoms with Crippen molar-refractivity contribution in [3.63, 3.8) is 0 Å². The molecule has 0 aliphatic rings. The van der Waals surface area contributed by atoms with Gasteiger partial charge in [-0.15, -0.1) is 0 Å². The highest BCUT2D eigenvalue weighted by Gasteiger charge is 2.23. The van der Waals surface area contributed by atoms with Gasteiger partial charge in [0.2, 0.25) is 10.0 Å². The monoisotopic (exact) mass is 393 g/mol. The number of carbonyl (C=O) groups is 1. The van der Waals surface area contributed by atoms with Gasteiger partial charge < -0.3 is 10.1 Å². The fraction of sp³-hybridized carbons (Fsp3) is 0.235. The molecule has 27 heavy (non-hydrogen) atoms. The van der Waals surface area contributed by atoms with Gasteiger partial charge in [0.25, 0.3) is 11.6 Å². The van der Waals surface area contributed by atoms with E-state index in [9.17, 15) is 23.3 Å². The van der Waals surface area contributed by atoms with Crippen molar-refractivity contribution >= 4 is 27.3 Å². The van der Waals surface area contributed by atoms with Crippen LogP contribution in [0.5, 0.6) is 5.75 Å². The van der Waals surface area contributed by atoms with Crippen LogP contribution in [0.3, 0.4) is 0 Å². The predicted octanol–water partition coefficient (Wildman–Crippen LogP) is 2.41. The van der Waals surface area contributed by atoms with E-state index in [1.807, 2.05) is 0 Å². The average molecular weight is 393 g/mol. The van der Waals surface area contributed by atoms with Crippen LogP contribution in [-0.2, 0) is 10.0 Å². The predicted molar refractivity (Wildman–Crippen MR) is 99.7 cm³/mol. The zero-order valence-corrected chi connectivity index (χ0v) is 16.0. The van der Waals surface area contributed by atoms with E-state index in [-0.39, 0.29) is 27.6 Å². The summed E-state index contributed by atoms with van der Waals surface area (Å²) in [5.41, 5.74) is 0.719. The summed E-state index contributed by atoms with van der Waals surface area (Å²) in [6, 6.07) is 8.22. The number of nitro groups is 1. The van der Waals surface area contributed by atoms with Crippen molar-refractivity contribution in [2.45, 2.75) is 11.8 Å². The molecule has 9 nitrogen and oxygen atoms in total. The molecule has 0 unspecified atom stereocenters. The Labute approximate surface area is 156 Å². The van der Waals surface area contributed by atoms with Gasteiger partial charge in [0.1, 0.15) is 10.6 Å². The van der Waals surface area contributed by atoms with Crippen molar-refractivity contribution in [3.05, 3.63) is 57.6 Å². The molecule has 0 aromatic heterocycles. The van der Waals surface area contributed by atoms with Gasteiger partial charge in [-0.1, -0.05) is 0 Å². The summed E-state index contributed by atoms with van der Waals surface area (Å²) in [4.78, 5) is 22.7. The smallest absolute Gasteiger partial charge is 0.272 e. The molecule has 144 valence electrons. The van der Waals surface area contributed by atoms with Gasteiger partial charge >= 0.3 is 0 Å². The molecule has 0 saturated carbocycles. The van der Waals surface area contributed by atoms with Crippen LogP contribution in [0.1, 0.15) is 15.9 Å². The Bertz CT molecular complexity index is 1000. The van der Waals surface area contributed by atoms with Gasteiger partial charge in [-0.05, 0) is 37.3 Å². The summed E-state index contributed by atoms with van der Waals surface area (Å²) in [7, 11) is 0.344. The van der Waals surface area contributed by atoms with Crippen molar-refractivity contribution in [3.8, 4) is 5.75 Å². The number of benzene rings is 2. The maximum atomic E-state index is 12.4. The Morgan fingerprint density at radius 2 is 1.85 bits per heavy atom. The molecule has 0 bridgehead atoms. The molecule has 0 aliphatic heterocycles. The van der Waals surface area contributed by atoms with E-state index in [2.05, 4.69) is 5.32 Å². The lowest BCUT2D eigenvalue weighted by Crippen LogP contribution is -2.23. The summed E-state index contributed by atoms with van der Waals surface area (Å²) >= 11 is 0. The van der Waals surface area contributed by atoms with Gasteiger partial charge in [-0.25, -0.2) is 12.7 Å². The molecule has 2 aromatic rings. The molecule has 0 saturated heterocycles. The highest BCUT2D eigenvalue weighted by atomic mass is 32.2. The van der Waals surface area contributed by atoms with Crippen LogP contribution >= 0.6 is 0 Å². The minimum Gasteiger partial charge on any atom is -0.495 e. The van der Waals surface area contributed by atoms with E-state index in [0.29, 0.717) is 5.56 Å². The SMILES string of the molecule is COc1ccc(NC(=O)c2ccc([N+](=O)[O-])c(C)c2)cc1S(=O)(=O)N(C)C. The number of methoxy groups -OCH3 is 1. The Kier molecular flexibility index (Phi) is 5.82. The highest BCUT2D eigenvalue weighted by Crippen LogP contribution is 2.29. The fourth-order valence-corrected chi connectivity index (χ4v) is 3.43. The lowest BCUT2D eigenvalue weighted by atomic mass is 10.1. The van der Waals surface area contributed by atoms with Gasteiger partial charge in [0.15, 0.2) is 0 Å². The topological polar surface area (TPSA) is 119 Å². The van der Waals surface area contributed by atoms with Crippen LogP contribution in [0.25, 0.3) is 0 Å². The number of nitro benzene ring substituents is 1. The fourth-order valence-electron chi connectivity index (χ4n) is 2.36. The second-order valence-electron chi connectivity index (χ2n) is 5.87. The summed E-state index contributed by atoms with van der Waals surface area (Å²) in [5.74, 6) is -0.376. The maximum absolute atomic E-state index is 12.4. The second-order valence-corrected chi connectivity index (χ2v) is 7.99. The van der Waals surface area contributed by atoms with Crippen molar-refractivity contribution in [1.29, 1.82) is 0 Å². The number of rotatable bonds is 6. The van der Waals surface area contributed by atoms with Gasteiger partial charge in [-0.3, -0.25) is 14.9 Å². The van der Waals surface area contributed by atoms with Gasteiger partial charge in [0, 0.05) is 37.0 Å². The number of ether oxygens (including phenoxy) is 1. The van der Waals surface area contributed by atoms with Crippen molar-refractivity contribution in [2.24, 2.45) is 0 Å². The lowest BCUT2D eigenvalue weighted by Gasteiger charge is -2.16. The molecule has 0 radical (unpaired) electrons. The van der Waals surface area contributed by atoms with Crippen LogP contribution in [0, 0.1) is 17.0 Å². The number of carbonyl (C=O) groups excluding carboxylic acids is 1. The first kappa shape index (κ1) is 20.3. The van der Waals surface area contributed by atoms with E-state index < -0.39 is 20.9 Å². The van der Waals surface area contributed by atoms with Gasteiger partial charge in [0.05, 0.1) is 12.0 Å². The number of aryl methyl sites for hydroxylation is 1. The molecule has 2 aromatic carbocycles. The molecule has 0 fully saturated rings. The highest BCUT2D eigenvalue weighted by molar-refractivity contribution is 7.89. The van der Waals surface area contributed by atoms with Crippen LogP contribution in [0.2, 0.25) is 0 Å². The van der Waals surface area contributed by atoms with E-state index in [4.69, 9.17) is 4.74 Å². The molecule has 2 rings (SSSR count). The molecule has 1 amide bonds. The van der Waals surface area contributed by atoms with Crippen molar-refractivity contribution < 1.29 is 22.9 Å². The third kappa shape index (κ3) is 4.23. The Balaban J connectivity index is 2.36. The summed E-state index contributed by atoms with van der Waals surface area (Å²) in [5, 5.41) is 13.5. The molecular formula is C17H19N3O6S.